The van der Waals surface area contributed by atoms with Gasteiger partial charge in [0.05, 0.1) is 11.8 Å². The summed E-state index contributed by atoms with van der Waals surface area (Å²) in [7, 11) is 4.00. The highest BCUT2D eigenvalue weighted by Crippen LogP contribution is 2.27. The average Bonchev–Trinajstić information content (AvgIpc) is 3.19. The van der Waals surface area contributed by atoms with Gasteiger partial charge in [-0.05, 0) is 63.7 Å². The number of carbonyl (C=O) groups excluding carboxylic acids is 1. The predicted octanol–water partition coefficient (Wildman–Crippen LogP) is 4.38. The molecule has 0 saturated carbocycles. The smallest absolute Gasteiger partial charge is 0.230 e. The maximum Gasteiger partial charge on any atom is 0.230 e. The summed E-state index contributed by atoms with van der Waals surface area (Å²) in [6.45, 7) is 2.73. The molecule has 1 aromatic heterocycles. The van der Waals surface area contributed by atoms with Gasteiger partial charge in [0.15, 0.2) is 11.0 Å². The molecule has 2 aromatic carbocycles. The number of rotatable bonds is 10. The molecule has 164 valence electrons. The number of benzene rings is 2. The molecule has 6 nitrogen and oxygen atoms in total. The quantitative estimate of drug-likeness (QED) is 0.361. The van der Waals surface area contributed by atoms with Crippen LogP contribution in [0.2, 0.25) is 5.02 Å². The molecule has 0 aliphatic carbocycles. The highest BCUT2D eigenvalue weighted by atomic mass is 35.5. The van der Waals surface area contributed by atoms with Crippen molar-refractivity contribution in [1.29, 1.82) is 0 Å². The third kappa shape index (κ3) is 6.56. The first-order chi connectivity index (χ1) is 15.0. The van der Waals surface area contributed by atoms with Crippen LogP contribution in [0.15, 0.2) is 59.8 Å². The summed E-state index contributed by atoms with van der Waals surface area (Å²) >= 11 is 7.45. The molecule has 3 aromatic rings. The lowest BCUT2D eigenvalue weighted by Gasteiger charge is -2.20. The molecular formula is C23H28ClN5OS. The molecule has 1 amide bonds. The Morgan fingerprint density at radius 1 is 1.13 bits per heavy atom. The molecule has 0 saturated heterocycles. The molecule has 1 heterocycles. The number of hydrogen-bond acceptors (Lipinski definition) is 5. The number of carbonyl (C=O) groups is 1. The van der Waals surface area contributed by atoms with Crippen molar-refractivity contribution < 1.29 is 4.79 Å². The highest BCUT2D eigenvalue weighted by Gasteiger charge is 2.21. The second kappa shape index (κ2) is 11.3. The van der Waals surface area contributed by atoms with Gasteiger partial charge in [-0.2, -0.15) is 0 Å². The Balaban J connectivity index is 1.61. The van der Waals surface area contributed by atoms with Crippen molar-refractivity contribution >= 4 is 29.3 Å². The summed E-state index contributed by atoms with van der Waals surface area (Å²) in [5.74, 6) is 1.09. The minimum Gasteiger partial charge on any atom is -0.355 e. The standard InChI is InChI=1S/C23H28ClN5OS/c1-17(28(2)3)22-26-27-23(29(22)20-13-11-19(24)12-14-20)31-16-21(30)25-15-7-10-18-8-5-4-6-9-18/h4-6,8-9,11-14,17H,7,10,15-16H2,1-3H3,(H,25,30). The van der Waals surface area contributed by atoms with Gasteiger partial charge >= 0.3 is 0 Å². The van der Waals surface area contributed by atoms with Crippen LogP contribution in [0.25, 0.3) is 5.69 Å². The van der Waals surface area contributed by atoms with Gasteiger partial charge < -0.3 is 5.32 Å². The normalized spacial score (nSPS) is 12.2. The topological polar surface area (TPSA) is 63.1 Å². The van der Waals surface area contributed by atoms with E-state index in [4.69, 9.17) is 11.6 Å². The van der Waals surface area contributed by atoms with Crippen LogP contribution < -0.4 is 5.32 Å². The van der Waals surface area contributed by atoms with E-state index in [1.54, 1.807) is 0 Å². The van der Waals surface area contributed by atoms with Gasteiger partial charge in [0.1, 0.15) is 0 Å². The second-order valence-corrected chi connectivity index (χ2v) is 8.90. The molecule has 1 atom stereocenters. The van der Waals surface area contributed by atoms with Gasteiger partial charge in [-0.1, -0.05) is 53.7 Å². The first kappa shape index (κ1) is 23.3. The first-order valence-electron chi connectivity index (χ1n) is 10.3. The van der Waals surface area contributed by atoms with Crippen LogP contribution in [-0.2, 0) is 11.2 Å². The van der Waals surface area contributed by atoms with E-state index in [2.05, 4.69) is 39.5 Å². The Labute approximate surface area is 193 Å². The number of amides is 1. The molecule has 3 rings (SSSR count). The number of nitrogens with one attached hydrogen (secondary N) is 1. The highest BCUT2D eigenvalue weighted by molar-refractivity contribution is 7.99. The molecule has 8 heteroatoms. The Hall–Kier alpha value is -2.35. The van der Waals surface area contributed by atoms with E-state index < -0.39 is 0 Å². The fraction of sp³-hybridized carbons (Fsp3) is 0.348. The number of halogens is 1. The van der Waals surface area contributed by atoms with Crippen molar-refractivity contribution in [2.75, 3.05) is 26.4 Å². The van der Waals surface area contributed by atoms with E-state index >= 15 is 0 Å². The lowest BCUT2D eigenvalue weighted by atomic mass is 10.1. The van der Waals surface area contributed by atoms with Gasteiger partial charge in [-0.15, -0.1) is 10.2 Å². The summed E-state index contributed by atoms with van der Waals surface area (Å²) in [6, 6.07) is 17.9. The monoisotopic (exact) mass is 457 g/mol. The van der Waals surface area contributed by atoms with E-state index in [1.807, 2.05) is 61.1 Å². The summed E-state index contributed by atoms with van der Waals surface area (Å²) in [4.78, 5) is 14.4. The minimum atomic E-state index is -0.00840. The molecule has 1 N–H and O–H groups in total. The minimum absolute atomic E-state index is 0.00840. The van der Waals surface area contributed by atoms with Crippen molar-refractivity contribution in [3.63, 3.8) is 0 Å². The number of thioether (sulfide) groups is 1. The first-order valence-corrected chi connectivity index (χ1v) is 11.6. The van der Waals surface area contributed by atoms with E-state index in [0.717, 1.165) is 24.4 Å². The van der Waals surface area contributed by atoms with E-state index in [9.17, 15) is 4.79 Å². The Kier molecular flexibility index (Phi) is 8.51. The zero-order valence-electron chi connectivity index (χ0n) is 18.1. The Morgan fingerprint density at radius 3 is 2.52 bits per heavy atom. The van der Waals surface area contributed by atoms with Crippen LogP contribution >= 0.6 is 23.4 Å². The molecule has 0 bridgehead atoms. The number of nitrogens with zero attached hydrogens (tertiary/aromatic N) is 4. The largest absolute Gasteiger partial charge is 0.355 e. The fourth-order valence-corrected chi connectivity index (χ4v) is 3.97. The maximum atomic E-state index is 12.4. The lowest BCUT2D eigenvalue weighted by Crippen LogP contribution is -2.26. The molecule has 31 heavy (non-hydrogen) atoms. The van der Waals surface area contributed by atoms with E-state index in [1.165, 1.54) is 17.3 Å². The van der Waals surface area contributed by atoms with Crippen LogP contribution in [-0.4, -0.2) is 52.0 Å². The Morgan fingerprint density at radius 2 is 1.84 bits per heavy atom. The number of hydrogen-bond donors (Lipinski definition) is 1. The molecule has 0 fully saturated rings. The molecule has 0 aliphatic heterocycles. The summed E-state index contributed by atoms with van der Waals surface area (Å²) in [5, 5.41) is 13.1. The lowest BCUT2D eigenvalue weighted by molar-refractivity contribution is -0.118. The molecule has 0 radical (unpaired) electrons. The second-order valence-electron chi connectivity index (χ2n) is 7.52. The van der Waals surface area contributed by atoms with Crippen molar-refractivity contribution in [2.45, 2.75) is 31.0 Å². The van der Waals surface area contributed by atoms with E-state index in [-0.39, 0.29) is 17.7 Å². The van der Waals surface area contributed by atoms with Crippen LogP contribution in [0.5, 0.6) is 0 Å². The van der Waals surface area contributed by atoms with E-state index in [0.29, 0.717) is 16.7 Å². The zero-order valence-corrected chi connectivity index (χ0v) is 19.7. The van der Waals surface area contributed by atoms with Gasteiger partial charge in [0.25, 0.3) is 0 Å². The Bertz CT molecular complexity index is 975. The number of aromatic nitrogens is 3. The summed E-state index contributed by atoms with van der Waals surface area (Å²) < 4.78 is 1.99. The van der Waals surface area contributed by atoms with Crippen LogP contribution in [0.4, 0.5) is 0 Å². The van der Waals surface area contributed by atoms with Gasteiger partial charge in [0, 0.05) is 17.3 Å². The number of aryl methyl sites for hydroxylation is 1. The van der Waals surface area contributed by atoms with Crippen LogP contribution in [0, 0.1) is 0 Å². The zero-order chi connectivity index (χ0) is 22.2. The van der Waals surface area contributed by atoms with Gasteiger partial charge in [0.2, 0.25) is 5.91 Å². The third-order valence-corrected chi connectivity index (χ3v) is 6.21. The fourth-order valence-electron chi connectivity index (χ4n) is 3.06. The van der Waals surface area contributed by atoms with Gasteiger partial charge in [-0.3, -0.25) is 14.3 Å². The van der Waals surface area contributed by atoms with Crippen molar-refractivity contribution in [3.05, 3.63) is 71.0 Å². The summed E-state index contributed by atoms with van der Waals surface area (Å²) in [6.07, 6.45) is 1.86. The summed E-state index contributed by atoms with van der Waals surface area (Å²) in [5.41, 5.74) is 2.20. The van der Waals surface area contributed by atoms with Crippen LogP contribution in [0.1, 0.15) is 30.8 Å². The SMILES string of the molecule is CC(c1nnc(SCC(=O)NCCCc2ccccc2)n1-c1ccc(Cl)cc1)N(C)C. The molecule has 0 aliphatic rings. The average molecular weight is 458 g/mol. The maximum absolute atomic E-state index is 12.4. The molecular weight excluding hydrogens is 430 g/mol. The molecule has 0 spiro atoms. The van der Waals surface area contributed by atoms with Crippen LogP contribution in [0.3, 0.4) is 0 Å². The van der Waals surface area contributed by atoms with Crippen molar-refractivity contribution in [2.24, 2.45) is 0 Å². The predicted molar refractivity (Wildman–Crippen MR) is 127 cm³/mol. The molecule has 1 unspecified atom stereocenters. The van der Waals surface area contributed by atoms with Crippen molar-refractivity contribution in [3.8, 4) is 5.69 Å². The third-order valence-electron chi connectivity index (χ3n) is 5.03. The van der Waals surface area contributed by atoms with Crippen molar-refractivity contribution in [1.82, 2.24) is 25.0 Å². The van der Waals surface area contributed by atoms with Gasteiger partial charge in [-0.25, -0.2) is 0 Å².